The van der Waals surface area contributed by atoms with E-state index >= 15 is 0 Å². The molecule has 0 saturated heterocycles. The predicted octanol–water partition coefficient (Wildman–Crippen LogP) is 2.31. The SMILES string of the molecule is CC(C)(C)[C@H](N)c1cc(C#N)ccc1O. The Kier molecular flexibility index (Phi) is 3.01. The zero-order valence-corrected chi connectivity index (χ0v) is 9.28. The number of hydrogen-bond donors (Lipinski definition) is 2. The molecule has 0 aromatic heterocycles. The summed E-state index contributed by atoms with van der Waals surface area (Å²) < 4.78 is 0. The molecule has 1 atom stereocenters. The minimum atomic E-state index is -0.286. The normalized spacial score (nSPS) is 13.3. The molecule has 0 unspecified atom stereocenters. The van der Waals surface area contributed by atoms with Crippen molar-refractivity contribution in [3.8, 4) is 11.8 Å². The summed E-state index contributed by atoms with van der Waals surface area (Å²) in [6.45, 7) is 5.99. The number of phenols is 1. The van der Waals surface area contributed by atoms with Gasteiger partial charge in [0.25, 0.3) is 0 Å². The van der Waals surface area contributed by atoms with Crippen molar-refractivity contribution in [3.05, 3.63) is 29.3 Å². The van der Waals surface area contributed by atoms with Gasteiger partial charge in [0.1, 0.15) is 5.75 Å². The van der Waals surface area contributed by atoms with E-state index in [9.17, 15) is 5.11 Å². The first-order valence-electron chi connectivity index (χ1n) is 4.85. The Bertz CT molecular complexity index is 399. The van der Waals surface area contributed by atoms with Crippen molar-refractivity contribution >= 4 is 0 Å². The number of nitriles is 1. The molecule has 15 heavy (non-hydrogen) atoms. The van der Waals surface area contributed by atoms with E-state index in [0.29, 0.717) is 11.1 Å². The Labute approximate surface area is 90.1 Å². The molecule has 1 rings (SSSR count). The maximum absolute atomic E-state index is 9.67. The second-order valence-electron chi connectivity index (χ2n) is 4.73. The van der Waals surface area contributed by atoms with E-state index in [1.807, 2.05) is 26.8 Å². The van der Waals surface area contributed by atoms with Gasteiger partial charge >= 0.3 is 0 Å². The first-order valence-corrected chi connectivity index (χ1v) is 4.85. The Hall–Kier alpha value is -1.53. The zero-order valence-electron chi connectivity index (χ0n) is 9.28. The molecule has 0 aliphatic rings. The van der Waals surface area contributed by atoms with E-state index in [1.165, 1.54) is 6.07 Å². The zero-order chi connectivity index (χ0) is 11.6. The summed E-state index contributed by atoms with van der Waals surface area (Å²) in [6.07, 6.45) is 0. The molecule has 3 nitrogen and oxygen atoms in total. The summed E-state index contributed by atoms with van der Waals surface area (Å²) >= 11 is 0. The van der Waals surface area contributed by atoms with Crippen molar-refractivity contribution in [2.75, 3.05) is 0 Å². The van der Waals surface area contributed by atoms with E-state index in [2.05, 4.69) is 0 Å². The minimum absolute atomic E-state index is 0.147. The van der Waals surface area contributed by atoms with Crippen molar-refractivity contribution in [2.24, 2.45) is 11.1 Å². The Morgan fingerprint density at radius 3 is 2.47 bits per heavy atom. The van der Waals surface area contributed by atoms with Gasteiger partial charge in [-0.25, -0.2) is 0 Å². The molecule has 0 spiro atoms. The van der Waals surface area contributed by atoms with Crippen molar-refractivity contribution < 1.29 is 5.11 Å². The van der Waals surface area contributed by atoms with Gasteiger partial charge in [-0.1, -0.05) is 20.8 Å². The third kappa shape index (κ3) is 2.48. The smallest absolute Gasteiger partial charge is 0.120 e. The van der Waals surface area contributed by atoms with Gasteiger partial charge in [-0.15, -0.1) is 0 Å². The standard InChI is InChI=1S/C12H16N2O/c1-12(2,3)11(14)9-6-8(7-13)4-5-10(9)15/h4-6,11,15H,14H2,1-3H3/t11-/m1/s1. The summed E-state index contributed by atoms with van der Waals surface area (Å²) in [5.41, 5.74) is 7.02. The molecule has 0 heterocycles. The molecule has 3 heteroatoms. The molecule has 0 aliphatic heterocycles. The highest BCUT2D eigenvalue weighted by Gasteiger charge is 2.24. The van der Waals surface area contributed by atoms with Crippen LogP contribution in [0.25, 0.3) is 0 Å². The fourth-order valence-corrected chi connectivity index (χ4v) is 1.34. The maximum Gasteiger partial charge on any atom is 0.120 e. The van der Waals surface area contributed by atoms with Gasteiger partial charge in [0.2, 0.25) is 0 Å². The molecule has 0 aliphatic carbocycles. The van der Waals surface area contributed by atoms with Crippen LogP contribution in [0.3, 0.4) is 0 Å². The van der Waals surface area contributed by atoms with Gasteiger partial charge in [-0.2, -0.15) is 5.26 Å². The average molecular weight is 204 g/mol. The largest absolute Gasteiger partial charge is 0.508 e. The van der Waals surface area contributed by atoms with Crippen LogP contribution in [0, 0.1) is 16.7 Å². The number of nitrogens with zero attached hydrogens (tertiary/aromatic N) is 1. The number of benzene rings is 1. The summed E-state index contributed by atoms with van der Waals surface area (Å²) in [4.78, 5) is 0. The van der Waals surface area contributed by atoms with Crippen LogP contribution in [0.15, 0.2) is 18.2 Å². The Morgan fingerprint density at radius 2 is 2.00 bits per heavy atom. The van der Waals surface area contributed by atoms with E-state index in [-0.39, 0.29) is 17.2 Å². The number of rotatable bonds is 1. The number of hydrogen-bond acceptors (Lipinski definition) is 3. The lowest BCUT2D eigenvalue weighted by atomic mass is 9.82. The van der Waals surface area contributed by atoms with Crippen LogP contribution in [-0.2, 0) is 0 Å². The fourth-order valence-electron chi connectivity index (χ4n) is 1.34. The molecule has 0 radical (unpaired) electrons. The average Bonchev–Trinajstić information content (AvgIpc) is 2.16. The topological polar surface area (TPSA) is 70.0 Å². The molecule has 0 amide bonds. The second-order valence-corrected chi connectivity index (χ2v) is 4.73. The Balaban J connectivity index is 3.20. The quantitative estimate of drug-likeness (QED) is 0.737. The first kappa shape index (κ1) is 11.5. The van der Waals surface area contributed by atoms with Crippen LogP contribution >= 0.6 is 0 Å². The summed E-state index contributed by atoms with van der Waals surface area (Å²) in [5, 5.41) is 18.4. The van der Waals surface area contributed by atoms with Gasteiger partial charge in [-0.3, -0.25) is 0 Å². The van der Waals surface area contributed by atoms with Crippen LogP contribution in [0.1, 0.15) is 37.9 Å². The van der Waals surface area contributed by atoms with E-state index < -0.39 is 0 Å². The molecule has 3 N–H and O–H groups in total. The van der Waals surface area contributed by atoms with Gasteiger partial charge < -0.3 is 10.8 Å². The van der Waals surface area contributed by atoms with Gasteiger partial charge in [0.05, 0.1) is 11.6 Å². The lowest BCUT2D eigenvalue weighted by Crippen LogP contribution is -2.26. The van der Waals surface area contributed by atoms with Gasteiger partial charge in [-0.05, 0) is 23.6 Å². The molecule has 0 saturated carbocycles. The van der Waals surface area contributed by atoms with Crippen LogP contribution in [0.4, 0.5) is 0 Å². The number of aromatic hydroxyl groups is 1. The first-order chi connectivity index (χ1) is 6.86. The molecule has 0 bridgehead atoms. The third-order valence-electron chi connectivity index (χ3n) is 2.42. The van der Waals surface area contributed by atoms with E-state index in [1.54, 1.807) is 12.1 Å². The minimum Gasteiger partial charge on any atom is -0.508 e. The predicted molar refractivity (Wildman–Crippen MR) is 59.2 cm³/mol. The van der Waals surface area contributed by atoms with Crippen LogP contribution in [-0.4, -0.2) is 5.11 Å². The number of nitrogens with two attached hydrogens (primary N) is 1. The van der Waals surface area contributed by atoms with Crippen LogP contribution < -0.4 is 5.73 Å². The van der Waals surface area contributed by atoms with Gasteiger partial charge in [0.15, 0.2) is 0 Å². The fraction of sp³-hybridized carbons (Fsp3) is 0.417. The van der Waals surface area contributed by atoms with E-state index in [4.69, 9.17) is 11.0 Å². The molecular formula is C12H16N2O. The summed E-state index contributed by atoms with van der Waals surface area (Å²) in [7, 11) is 0. The highest BCUT2D eigenvalue weighted by Crippen LogP contribution is 2.35. The lowest BCUT2D eigenvalue weighted by Gasteiger charge is -2.27. The van der Waals surface area contributed by atoms with Crippen LogP contribution in [0.2, 0.25) is 0 Å². The summed E-state index contributed by atoms with van der Waals surface area (Å²) in [6, 6.07) is 6.48. The highest BCUT2D eigenvalue weighted by atomic mass is 16.3. The van der Waals surface area contributed by atoms with Crippen molar-refractivity contribution in [1.29, 1.82) is 5.26 Å². The molecule has 1 aromatic carbocycles. The highest BCUT2D eigenvalue weighted by molar-refractivity contribution is 5.43. The molecular weight excluding hydrogens is 188 g/mol. The van der Waals surface area contributed by atoms with Crippen LogP contribution in [0.5, 0.6) is 5.75 Å². The molecule has 80 valence electrons. The van der Waals surface area contributed by atoms with Crippen molar-refractivity contribution in [2.45, 2.75) is 26.8 Å². The summed E-state index contributed by atoms with van der Waals surface area (Å²) in [5.74, 6) is 0.149. The lowest BCUT2D eigenvalue weighted by molar-refractivity contribution is 0.317. The second kappa shape index (κ2) is 3.92. The number of phenolic OH excluding ortho intramolecular Hbond substituents is 1. The van der Waals surface area contributed by atoms with Gasteiger partial charge in [0, 0.05) is 11.6 Å². The monoisotopic (exact) mass is 204 g/mol. The van der Waals surface area contributed by atoms with E-state index in [0.717, 1.165) is 0 Å². The maximum atomic E-state index is 9.67. The molecule has 0 fully saturated rings. The van der Waals surface area contributed by atoms with Crippen molar-refractivity contribution in [1.82, 2.24) is 0 Å². The third-order valence-corrected chi connectivity index (χ3v) is 2.42. The van der Waals surface area contributed by atoms with Crippen molar-refractivity contribution in [3.63, 3.8) is 0 Å². The molecule has 1 aromatic rings. The Morgan fingerprint density at radius 1 is 1.40 bits per heavy atom.